The predicted octanol–water partition coefficient (Wildman–Crippen LogP) is 0.467. The maximum atomic E-state index is 12.2. The maximum absolute atomic E-state index is 12.2. The van der Waals surface area contributed by atoms with Crippen LogP contribution >= 0.6 is 0 Å². The average molecular weight is 304 g/mol. The molecule has 8 heteroatoms. The Morgan fingerprint density at radius 1 is 1.45 bits per heavy atom. The SMILES string of the molecule is CCOC(=O)c1[nH]c(C)c(S(=O)(=O)NC[C@@H](C)O)c1C. The lowest BCUT2D eigenvalue weighted by Crippen LogP contribution is -2.31. The van der Waals surface area contributed by atoms with Crippen molar-refractivity contribution in [3.05, 3.63) is 17.0 Å². The minimum Gasteiger partial charge on any atom is -0.461 e. The second-order valence-electron chi connectivity index (χ2n) is 4.50. The molecule has 0 bridgehead atoms. The summed E-state index contributed by atoms with van der Waals surface area (Å²) in [6, 6.07) is 0. The number of sulfonamides is 1. The largest absolute Gasteiger partial charge is 0.461 e. The molecule has 7 nitrogen and oxygen atoms in total. The van der Waals surface area contributed by atoms with Gasteiger partial charge in [-0.15, -0.1) is 0 Å². The van der Waals surface area contributed by atoms with E-state index in [0.29, 0.717) is 11.3 Å². The summed E-state index contributed by atoms with van der Waals surface area (Å²) in [4.78, 5) is 14.5. The molecule has 0 aromatic carbocycles. The number of H-pyrrole nitrogens is 1. The van der Waals surface area contributed by atoms with Gasteiger partial charge in [-0.1, -0.05) is 0 Å². The predicted molar refractivity (Wildman–Crippen MR) is 73.1 cm³/mol. The van der Waals surface area contributed by atoms with E-state index in [1.165, 1.54) is 13.8 Å². The highest BCUT2D eigenvalue weighted by Crippen LogP contribution is 2.23. The van der Waals surface area contributed by atoms with Gasteiger partial charge in [0.15, 0.2) is 0 Å². The third-order valence-electron chi connectivity index (χ3n) is 2.69. The molecular weight excluding hydrogens is 284 g/mol. The van der Waals surface area contributed by atoms with E-state index >= 15 is 0 Å². The zero-order valence-corrected chi connectivity index (χ0v) is 12.8. The molecule has 1 aromatic heterocycles. The lowest BCUT2D eigenvalue weighted by atomic mass is 10.2. The normalized spacial score (nSPS) is 13.2. The van der Waals surface area contributed by atoms with Crippen molar-refractivity contribution in [1.82, 2.24) is 9.71 Å². The first-order valence-corrected chi connectivity index (χ1v) is 7.73. The number of carbonyl (C=O) groups is 1. The van der Waals surface area contributed by atoms with Crippen LogP contribution in [0.3, 0.4) is 0 Å². The standard InChI is InChI=1S/C12H20N2O5S/c1-5-19-12(16)10-8(3)11(9(4)14-10)20(17,18)13-6-7(2)15/h7,13-15H,5-6H2,1-4H3/t7-/m1/s1. The van der Waals surface area contributed by atoms with E-state index in [2.05, 4.69) is 9.71 Å². The molecule has 0 aliphatic carbocycles. The van der Waals surface area contributed by atoms with Crippen molar-refractivity contribution < 1.29 is 23.1 Å². The number of rotatable bonds is 6. The molecule has 3 N–H and O–H groups in total. The highest BCUT2D eigenvalue weighted by Gasteiger charge is 2.27. The Morgan fingerprint density at radius 2 is 2.05 bits per heavy atom. The molecule has 0 spiro atoms. The number of nitrogens with one attached hydrogen (secondary N) is 2. The van der Waals surface area contributed by atoms with Crippen LogP contribution in [0, 0.1) is 13.8 Å². The molecular formula is C12H20N2O5S. The lowest BCUT2D eigenvalue weighted by molar-refractivity contribution is 0.0519. The third-order valence-corrected chi connectivity index (χ3v) is 4.38. The lowest BCUT2D eigenvalue weighted by Gasteiger charge is -2.09. The first-order valence-electron chi connectivity index (χ1n) is 6.24. The van der Waals surface area contributed by atoms with Crippen LogP contribution in [0.25, 0.3) is 0 Å². The van der Waals surface area contributed by atoms with Crippen LogP contribution in [0.5, 0.6) is 0 Å². The molecule has 0 unspecified atom stereocenters. The van der Waals surface area contributed by atoms with Gasteiger partial charge in [0.2, 0.25) is 10.0 Å². The molecule has 0 aliphatic rings. The molecule has 0 amide bonds. The fourth-order valence-corrected chi connectivity index (χ4v) is 3.41. The Hall–Kier alpha value is -1.38. The number of ether oxygens (including phenoxy) is 1. The van der Waals surface area contributed by atoms with Crippen LogP contribution in [-0.4, -0.2) is 43.7 Å². The number of aromatic nitrogens is 1. The van der Waals surface area contributed by atoms with Gasteiger partial charge in [0.25, 0.3) is 0 Å². The number of aliphatic hydroxyl groups excluding tert-OH is 1. The molecule has 1 rings (SSSR count). The summed E-state index contributed by atoms with van der Waals surface area (Å²) in [5.41, 5.74) is 0.782. The molecule has 0 aliphatic heterocycles. The molecule has 0 radical (unpaired) electrons. The zero-order valence-electron chi connectivity index (χ0n) is 12.0. The van der Waals surface area contributed by atoms with Gasteiger partial charge in [0, 0.05) is 17.8 Å². The smallest absolute Gasteiger partial charge is 0.355 e. The number of aliphatic hydroxyl groups is 1. The van der Waals surface area contributed by atoms with Gasteiger partial charge in [-0.05, 0) is 27.7 Å². The van der Waals surface area contributed by atoms with Crippen molar-refractivity contribution in [2.24, 2.45) is 0 Å². The Kier molecular flexibility index (Phi) is 5.32. The number of aromatic amines is 1. The first-order chi connectivity index (χ1) is 9.20. The highest BCUT2D eigenvalue weighted by molar-refractivity contribution is 7.89. The molecule has 1 heterocycles. The maximum Gasteiger partial charge on any atom is 0.355 e. The van der Waals surface area contributed by atoms with E-state index in [9.17, 15) is 13.2 Å². The summed E-state index contributed by atoms with van der Waals surface area (Å²) in [5.74, 6) is -0.593. The molecule has 20 heavy (non-hydrogen) atoms. The number of hydrogen-bond donors (Lipinski definition) is 3. The number of carbonyl (C=O) groups excluding carboxylic acids is 1. The summed E-state index contributed by atoms with van der Waals surface area (Å²) in [5, 5.41) is 9.16. The van der Waals surface area contributed by atoms with Crippen molar-refractivity contribution in [3.63, 3.8) is 0 Å². The Labute approximate surface area is 118 Å². The van der Waals surface area contributed by atoms with Crippen molar-refractivity contribution in [1.29, 1.82) is 0 Å². The van der Waals surface area contributed by atoms with Crippen molar-refractivity contribution in [2.75, 3.05) is 13.2 Å². The second-order valence-corrected chi connectivity index (χ2v) is 6.20. The first kappa shape index (κ1) is 16.7. The second kappa shape index (κ2) is 6.38. The Morgan fingerprint density at radius 3 is 2.55 bits per heavy atom. The third kappa shape index (κ3) is 3.59. The average Bonchev–Trinajstić information content (AvgIpc) is 2.63. The summed E-state index contributed by atoms with van der Waals surface area (Å²) in [6.07, 6.45) is -0.797. The van der Waals surface area contributed by atoms with E-state index in [0.717, 1.165) is 0 Å². The monoisotopic (exact) mass is 304 g/mol. The van der Waals surface area contributed by atoms with Crippen LogP contribution in [0.1, 0.15) is 35.6 Å². The number of aryl methyl sites for hydroxylation is 1. The van der Waals surface area contributed by atoms with Crippen LogP contribution in [-0.2, 0) is 14.8 Å². The van der Waals surface area contributed by atoms with Crippen LogP contribution in [0.15, 0.2) is 4.90 Å². The van der Waals surface area contributed by atoms with Crippen LogP contribution < -0.4 is 4.72 Å². The van der Waals surface area contributed by atoms with E-state index in [4.69, 9.17) is 9.84 Å². The van der Waals surface area contributed by atoms with Gasteiger partial charge in [-0.3, -0.25) is 0 Å². The van der Waals surface area contributed by atoms with Gasteiger partial charge in [-0.2, -0.15) is 0 Å². The molecule has 1 atom stereocenters. The van der Waals surface area contributed by atoms with Crippen molar-refractivity contribution in [3.8, 4) is 0 Å². The molecule has 114 valence electrons. The molecule has 0 saturated heterocycles. The molecule has 0 saturated carbocycles. The number of hydrogen-bond acceptors (Lipinski definition) is 5. The molecule has 0 fully saturated rings. The highest BCUT2D eigenvalue weighted by atomic mass is 32.2. The van der Waals surface area contributed by atoms with Crippen LogP contribution in [0.4, 0.5) is 0 Å². The number of esters is 1. The van der Waals surface area contributed by atoms with E-state index in [-0.39, 0.29) is 23.7 Å². The van der Waals surface area contributed by atoms with Crippen LogP contribution in [0.2, 0.25) is 0 Å². The van der Waals surface area contributed by atoms with Crippen molar-refractivity contribution in [2.45, 2.75) is 38.7 Å². The van der Waals surface area contributed by atoms with Gasteiger partial charge >= 0.3 is 5.97 Å². The van der Waals surface area contributed by atoms with Gasteiger partial charge in [-0.25, -0.2) is 17.9 Å². The van der Waals surface area contributed by atoms with E-state index in [1.54, 1.807) is 13.8 Å². The minimum atomic E-state index is -3.79. The Bertz CT molecular complexity index is 589. The van der Waals surface area contributed by atoms with Gasteiger partial charge < -0.3 is 14.8 Å². The quantitative estimate of drug-likeness (QED) is 0.662. The van der Waals surface area contributed by atoms with Gasteiger partial charge in [0.1, 0.15) is 10.6 Å². The summed E-state index contributed by atoms with van der Waals surface area (Å²) in [7, 11) is -3.79. The fraction of sp³-hybridized carbons (Fsp3) is 0.583. The Balaban J connectivity index is 3.17. The summed E-state index contributed by atoms with van der Waals surface area (Å²) in [6.45, 7) is 6.35. The zero-order chi connectivity index (χ0) is 15.5. The minimum absolute atomic E-state index is 0.0150. The topological polar surface area (TPSA) is 108 Å². The van der Waals surface area contributed by atoms with E-state index < -0.39 is 22.1 Å². The fourth-order valence-electron chi connectivity index (χ4n) is 1.85. The van der Waals surface area contributed by atoms with Gasteiger partial charge in [0.05, 0.1) is 12.7 Å². The van der Waals surface area contributed by atoms with E-state index in [1.807, 2.05) is 0 Å². The molecule has 1 aromatic rings. The van der Waals surface area contributed by atoms with Crippen molar-refractivity contribution >= 4 is 16.0 Å². The summed E-state index contributed by atoms with van der Waals surface area (Å²) < 4.78 is 31.5. The summed E-state index contributed by atoms with van der Waals surface area (Å²) >= 11 is 0.